The lowest BCUT2D eigenvalue weighted by molar-refractivity contribution is 0.0696. The number of urea groups is 1. The van der Waals surface area contributed by atoms with Gasteiger partial charge in [-0.2, -0.15) is 0 Å². The molecule has 0 bridgehead atoms. The highest BCUT2D eigenvalue weighted by Crippen LogP contribution is 2.21. The second kappa shape index (κ2) is 6.40. The summed E-state index contributed by atoms with van der Waals surface area (Å²) in [6.07, 6.45) is 0. The van der Waals surface area contributed by atoms with Gasteiger partial charge in [0.2, 0.25) is 0 Å². The molecule has 0 aliphatic carbocycles. The van der Waals surface area contributed by atoms with Crippen molar-refractivity contribution in [2.75, 3.05) is 5.32 Å². The highest BCUT2D eigenvalue weighted by molar-refractivity contribution is 9.10. The van der Waals surface area contributed by atoms with Crippen LogP contribution in [0.4, 0.5) is 10.5 Å². The first kappa shape index (κ1) is 15.0. The SMILES string of the molecule is Cc1cc(CNC(=O)Nc2ccc(Br)c(C(=O)O)c2)no1. The van der Waals surface area contributed by atoms with Gasteiger partial charge in [-0.25, -0.2) is 9.59 Å². The number of aryl methyl sites for hydroxylation is 1. The number of halogens is 1. The molecule has 8 heteroatoms. The minimum atomic E-state index is -1.08. The number of carbonyl (C=O) groups excluding carboxylic acids is 1. The van der Waals surface area contributed by atoms with Crippen LogP contribution in [-0.4, -0.2) is 22.3 Å². The van der Waals surface area contributed by atoms with Crippen LogP contribution in [0.2, 0.25) is 0 Å². The summed E-state index contributed by atoms with van der Waals surface area (Å²) in [7, 11) is 0. The average molecular weight is 354 g/mol. The number of anilines is 1. The molecule has 2 rings (SSSR count). The summed E-state index contributed by atoms with van der Waals surface area (Å²) >= 11 is 3.13. The van der Waals surface area contributed by atoms with Gasteiger partial charge in [0, 0.05) is 16.2 Å². The molecule has 3 N–H and O–H groups in total. The maximum absolute atomic E-state index is 11.7. The molecule has 0 aliphatic rings. The molecule has 1 aromatic heterocycles. The lowest BCUT2D eigenvalue weighted by atomic mass is 10.2. The summed E-state index contributed by atoms with van der Waals surface area (Å²) in [5.74, 6) is -0.421. The molecule has 0 unspecified atom stereocenters. The predicted octanol–water partition coefficient (Wildman–Crippen LogP) is 2.77. The van der Waals surface area contributed by atoms with E-state index in [9.17, 15) is 9.59 Å². The molecule has 110 valence electrons. The zero-order valence-corrected chi connectivity index (χ0v) is 12.6. The first-order valence-corrected chi connectivity index (χ1v) is 6.75. The number of nitrogens with one attached hydrogen (secondary N) is 2. The minimum Gasteiger partial charge on any atom is -0.478 e. The van der Waals surface area contributed by atoms with E-state index in [2.05, 4.69) is 31.7 Å². The van der Waals surface area contributed by atoms with E-state index >= 15 is 0 Å². The first-order valence-electron chi connectivity index (χ1n) is 5.95. The lowest BCUT2D eigenvalue weighted by Crippen LogP contribution is -2.28. The van der Waals surface area contributed by atoms with E-state index in [1.807, 2.05) is 0 Å². The normalized spacial score (nSPS) is 10.2. The molecular formula is C13H12BrN3O4. The summed E-state index contributed by atoms with van der Waals surface area (Å²) in [5.41, 5.74) is 1.05. The van der Waals surface area contributed by atoms with Gasteiger partial charge < -0.3 is 20.3 Å². The number of rotatable bonds is 4. The number of aromatic nitrogens is 1. The van der Waals surface area contributed by atoms with Crippen LogP contribution >= 0.6 is 15.9 Å². The predicted molar refractivity (Wildman–Crippen MR) is 78.2 cm³/mol. The number of carboxylic acid groups (broad SMARTS) is 1. The van der Waals surface area contributed by atoms with E-state index in [1.54, 1.807) is 25.1 Å². The number of nitrogens with zero attached hydrogens (tertiary/aromatic N) is 1. The summed E-state index contributed by atoms with van der Waals surface area (Å²) in [6.45, 7) is 1.97. The zero-order chi connectivity index (χ0) is 15.4. The second-order valence-electron chi connectivity index (χ2n) is 4.24. The van der Waals surface area contributed by atoms with Crippen molar-refractivity contribution in [3.8, 4) is 0 Å². The first-order chi connectivity index (χ1) is 9.95. The van der Waals surface area contributed by atoms with Crippen LogP contribution in [0.5, 0.6) is 0 Å². The Hall–Kier alpha value is -2.35. The highest BCUT2D eigenvalue weighted by Gasteiger charge is 2.10. The molecule has 0 fully saturated rings. The summed E-state index contributed by atoms with van der Waals surface area (Å²) < 4.78 is 5.32. The van der Waals surface area contributed by atoms with E-state index < -0.39 is 12.0 Å². The number of amides is 2. The molecule has 2 aromatic rings. The molecule has 0 saturated heterocycles. The third kappa shape index (κ3) is 4.06. The van der Waals surface area contributed by atoms with Crippen molar-refractivity contribution in [1.29, 1.82) is 0 Å². The number of carbonyl (C=O) groups is 2. The minimum absolute atomic E-state index is 0.0694. The summed E-state index contributed by atoms with van der Waals surface area (Å²) in [5, 5.41) is 17.9. The molecule has 0 spiro atoms. The second-order valence-corrected chi connectivity index (χ2v) is 5.09. The van der Waals surface area contributed by atoms with Crippen molar-refractivity contribution in [3.05, 3.63) is 45.8 Å². The van der Waals surface area contributed by atoms with E-state index in [4.69, 9.17) is 9.63 Å². The smallest absolute Gasteiger partial charge is 0.336 e. The average Bonchev–Trinajstić information content (AvgIpc) is 2.84. The van der Waals surface area contributed by atoms with Gasteiger partial charge >= 0.3 is 12.0 Å². The number of hydrogen-bond acceptors (Lipinski definition) is 4. The summed E-state index contributed by atoms with van der Waals surface area (Å²) in [4.78, 5) is 22.7. The Labute approximate surface area is 128 Å². The van der Waals surface area contributed by atoms with Gasteiger partial charge in [0.1, 0.15) is 11.5 Å². The Balaban J connectivity index is 1.96. The molecule has 7 nitrogen and oxygen atoms in total. The van der Waals surface area contributed by atoms with Crippen LogP contribution in [0.1, 0.15) is 21.8 Å². The van der Waals surface area contributed by atoms with Gasteiger partial charge in [0.25, 0.3) is 0 Å². The number of carboxylic acids is 1. The maximum atomic E-state index is 11.7. The largest absolute Gasteiger partial charge is 0.478 e. The highest BCUT2D eigenvalue weighted by atomic mass is 79.9. The molecule has 1 aromatic carbocycles. The number of benzene rings is 1. The Morgan fingerprint density at radius 3 is 2.76 bits per heavy atom. The Morgan fingerprint density at radius 1 is 1.38 bits per heavy atom. The number of aromatic carboxylic acids is 1. The van der Waals surface area contributed by atoms with Crippen LogP contribution in [0.3, 0.4) is 0 Å². The molecular weight excluding hydrogens is 342 g/mol. The fourth-order valence-electron chi connectivity index (χ4n) is 1.61. The third-order valence-electron chi connectivity index (χ3n) is 2.56. The van der Waals surface area contributed by atoms with E-state index in [0.29, 0.717) is 21.6 Å². The van der Waals surface area contributed by atoms with Gasteiger partial charge in [0.15, 0.2) is 0 Å². The lowest BCUT2D eigenvalue weighted by Gasteiger charge is -2.08. The van der Waals surface area contributed by atoms with Crippen molar-refractivity contribution in [3.63, 3.8) is 0 Å². The quantitative estimate of drug-likeness (QED) is 0.783. The molecule has 21 heavy (non-hydrogen) atoms. The number of hydrogen-bond donors (Lipinski definition) is 3. The van der Waals surface area contributed by atoms with Gasteiger partial charge in [-0.05, 0) is 41.1 Å². The fraction of sp³-hybridized carbons (Fsp3) is 0.154. The van der Waals surface area contributed by atoms with Crippen LogP contribution < -0.4 is 10.6 Å². The molecule has 1 heterocycles. The molecule has 2 amide bonds. The molecule has 0 radical (unpaired) electrons. The van der Waals surface area contributed by atoms with Gasteiger partial charge in [0.05, 0.1) is 12.1 Å². The van der Waals surface area contributed by atoms with Crippen molar-refractivity contribution < 1.29 is 19.2 Å². The zero-order valence-electron chi connectivity index (χ0n) is 11.0. The van der Waals surface area contributed by atoms with Gasteiger partial charge in [-0.1, -0.05) is 5.16 Å². The fourth-order valence-corrected chi connectivity index (χ4v) is 2.03. The van der Waals surface area contributed by atoms with Gasteiger partial charge in [-0.3, -0.25) is 0 Å². The van der Waals surface area contributed by atoms with Crippen molar-refractivity contribution in [2.45, 2.75) is 13.5 Å². The van der Waals surface area contributed by atoms with E-state index in [-0.39, 0.29) is 12.1 Å². The summed E-state index contributed by atoms with van der Waals surface area (Å²) in [6, 6.07) is 5.76. The third-order valence-corrected chi connectivity index (χ3v) is 3.25. The Morgan fingerprint density at radius 2 is 2.14 bits per heavy atom. The van der Waals surface area contributed by atoms with Crippen LogP contribution in [0.15, 0.2) is 33.3 Å². The van der Waals surface area contributed by atoms with E-state index in [1.165, 1.54) is 6.07 Å². The van der Waals surface area contributed by atoms with Crippen LogP contribution in [0, 0.1) is 6.92 Å². The topological polar surface area (TPSA) is 104 Å². The Bertz CT molecular complexity index is 684. The molecule has 0 atom stereocenters. The maximum Gasteiger partial charge on any atom is 0.336 e. The van der Waals surface area contributed by atoms with Gasteiger partial charge in [-0.15, -0.1) is 0 Å². The molecule has 0 aliphatic heterocycles. The molecule has 0 saturated carbocycles. The van der Waals surface area contributed by atoms with Crippen molar-refractivity contribution >= 4 is 33.6 Å². The van der Waals surface area contributed by atoms with Crippen molar-refractivity contribution in [2.24, 2.45) is 0 Å². The standard InChI is InChI=1S/C13H12BrN3O4/c1-7-4-9(17-21-7)6-15-13(20)16-8-2-3-11(14)10(5-8)12(18)19/h2-5H,6H2,1H3,(H,18,19)(H2,15,16,20). The monoisotopic (exact) mass is 353 g/mol. The van der Waals surface area contributed by atoms with Crippen molar-refractivity contribution in [1.82, 2.24) is 10.5 Å². The van der Waals surface area contributed by atoms with Crippen LogP contribution in [-0.2, 0) is 6.54 Å². The van der Waals surface area contributed by atoms with E-state index in [0.717, 1.165) is 0 Å². The van der Waals surface area contributed by atoms with Crippen LogP contribution in [0.25, 0.3) is 0 Å². The Kier molecular flexibility index (Phi) is 4.59.